The number of rotatable bonds is 3. The second kappa shape index (κ2) is 6.39. The summed E-state index contributed by atoms with van der Waals surface area (Å²) in [6.45, 7) is 0.619. The molecular formula is C15H19IN4. The van der Waals surface area contributed by atoms with Crippen molar-refractivity contribution in [1.29, 1.82) is 0 Å². The van der Waals surface area contributed by atoms with Crippen molar-refractivity contribution in [2.24, 2.45) is 10.7 Å². The van der Waals surface area contributed by atoms with Crippen LogP contribution in [0.5, 0.6) is 0 Å². The maximum atomic E-state index is 5.98. The third-order valence-electron chi connectivity index (χ3n) is 3.55. The summed E-state index contributed by atoms with van der Waals surface area (Å²) < 4.78 is 0. The lowest BCUT2D eigenvalue weighted by Gasteiger charge is -2.16. The Kier molecular flexibility index (Phi) is 4.80. The number of hydrogen-bond donors (Lipinski definition) is 1. The molecule has 0 bridgehead atoms. The van der Waals surface area contributed by atoms with Crippen molar-refractivity contribution >= 4 is 40.8 Å². The molecule has 2 N–H and O–H groups in total. The van der Waals surface area contributed by atoms with E-state index in [0.717, 1.165) is 16.5 Å². The molecule has 4 nitrogen and oxygen atoms in total. The summed E-state index contributed by atoms with van der Waals surface area (Å²) in [6.07, 6.45) is 4.27. The Bertz CT molecular complexity index is 622. The van der Waals surface area contributed by atoms with Gasteiger partial charge in [-0.25, -0.2) is 4.99 Å². The number of aliphatic imine (C=N–C) groups is 1. The molecule has 1 aliphatic carbocycles. The van der Waals surface area contributed by atoms with E-state index in [0.29, 0.717) is 18.5 Å². The van der Waals surface area contributed by atoms with Gasteiger partial charge in [0.05, 0.1) is 12.1 Å². The van der Waals surface area contributed by atoms with E-state index in [-0.39, 0.29) is 24.0 Å². The predicted octanol–water partition coefficient (Wildman–Crippen LogP) is 2.76. The molecule has 1 aliphatic rings. The molecule has 0 spiro atoms. The number of aromatic nitrogens is 1. The quantitative estimate of drug-likeness (QED) is 0.505. The zero-order valence-corrected chi connectivity index (χ0v) is 13.8. The van der Waals surface area contributed by atoms with E-state index in [1.54, 1.807) is 0 Å². The van der Waals surface area contributed by atoms with Crippen molar-refractivity contribution < 1.29 is 0 Å². The van der Waals surface area contributed by atoms with Gasteiger partial charge in [0.2, 0.25) is 0 Å². The Morgan fingerprint density at radius 3 is 2.95 bits per heavy atom. The van der Waals surface area contributed by atoms with E-state index in [4.69, 9.17) is 5.73 Å². The lowest BCUT2D eigenvalue weighted by Crippen LogP contribution is -2.35. The maximum Gasteiger partial charge on any atom is 0.191 e. The van der Waals surface area contributed by atoms with Gasteiger partial charge < -0.3 is 10.6 Å². The van der Waals surface area contributed by atoms with Crippen molar-refractivity contribution in [3.63, 3.8) is 0 Å². The zero-order valence-electron chi connectivity index (χ0n) is 11.5. The second-order valence-corrected chi connectivity index (χ2v) is 5.05. The van der Waals surface area contributed by atoms with E-state index < -0.39 is 0 Å². The highest BCUT2D eigenvalue weighted by Crippen LogP contribution is 2.25. The van der Waals surface area contributed by atoms with Gasteiger partial charge in [0.25, 0.3) is 0 Å². The van der Waals surface area contributed by atoms with Crippen LogP contribution in [0.1, 0.15) is 18.4 Å². The number of halogens is 1. The van der Waals surface area contributed by atoms with Crippen LogP contribution in [-0.2, 0) is 6.54 Å². The molecule has 0 aliphatic heterocycles. The predicted molar refractivity (Wildman–Crippen MR) is 93.3 cm³/mol. The molecule has 2 aromatic rings. The largest absolute Gasteiger partial charge is 0.370 e. The van der Waals surface area contributed by atoms with Crippen molar-refractivity contribution in [3.05, 3.63) is 42.1 Å². The van der Waals surface area contributed by atoms with E-state index in [2.05, 4.69) is 33.1 Å². The molecule has 106 valence electrons. The molecule has 1 aromatic carbocycles. The standard InChI is InChI=1S/C15H18N4.HI/c1-19(13-5-6-13)15(16)18-10-11-4-7-14-12(9-11)3-2-8-17-14;/h2-4,7-9,13H,5-6,10H2,1H3,(H2,16,18);1H. The fourth-order valence-electron chi connectivity index (χ4n) is 2.16. The smallest absolute Gasteiger partial charge is 0.191 e. The van der Waals surface area contributed by atoms with Crippen LogP contribution in [0.2, 0.25) is 0 Å². The summed E-state index contributed by atoms with van der Waals surface area (Å²) in [7, 11) is 2.01. The van der Waals surface area contributed by atoms with Crippen molar-refractivity contribution in [2.75, 3.05) is 7.05 Å². The van der Waals surface area contributed by atoms with Crippen LogP contribution in [0.3, 0.4) is 0 Å². The first-order valence-corrected chi connectivity index (χ1v) is 6.60. The van der Waals surface area contributed by atoms with Crippen LogP contribution in [0, 0.1) is 0 Å². The molecule has 0 radical (unpaired) electrons. The number of benzene rings is 1. The van der Waals surface area contributed by atoms with Gasteiger partial charge in [-0.2, -0.15) is 0 Å². The average Bonchev–Trinajstić information content (AvgIpc) is 3.28. The van der Waals surface area contributed by atoms with Crippen LogP contribution >= 0.6 is 24.0 Å². The Morgan fingerprint density at radius 2 is 2.20 bits per heavy atom. The van der Waals surface area contributed by atoms with Crippen molar-refractivity contribution in [3.8, 4) is 0 Å². The third-order valence-corrected chi connectivity index (χ3v) is 3.55. The molecule has 5 heteroatoms. The monoisotopic (exact) mass is 382 g/mol. The molecule has 0 saturated heterocycles. The number of guanidine groups is 1. The Labute approximate surface area is 136 Å². The van der Waals surface area contributed by atoms with Crippen molar-refractivity contribution in [1.82, 2.24) is 9.88 Å². The Balaban J connectivity index is 0.00000147. The molecule has 0 unspecified atom stereocenters. The van der Waals surface area contributed by atoms with Crippen LogP contribution in [0.15, 0.2) is 41.5 Å². The summed E-state index contributed by atoms with van der Waals surface area (Å²) in [5.74, 6) is 0.633. The van der Waals surface area contributed by atoms with Gasteiger partial charge in [0.1, 0.15) is 0 Å². The van der Waals surface area contributed by atoms with E-state index in [1.165, 1.54) is 12.8 Å². The Morgan fingerprint density at radius 1 is 1.40 bits per heavy atom. The van der Waals surface area contributed by atoms with Crippen LogP contribution in [0.4, 0.5) is 0 Å². The molecule has 20 heavy (non-hydrogen) atoms. The van der Waals surface area contributed by atoms with Gasteiger partial charge in [-0.3, -0.25) is 4.98 Å². The number of fused-ring (bicyclic) bond motifs is 1. The fraction of sp³-hybridized carbons (Fsp3) is 0.333. The minimum absolute atomic E-state index is 0. The molecule has 0 amide bonds. The third kappa shape index (κ3) is 3.39. The van der Waals surface area contributed by atoms with Gasteiger partial charge >= 0.3 is 0 Å². The van der Waals surface area contributed by atoms with E-state index >= 15 is 0 Å². The SMILES string of the molecule is CN(C(N)=NCc1ccc2ncccc2c1)C1CC1.I. The lowest BCUT2D eigenvalue weighted by atomic mass is 10.1. The highest BCUT2D eigenvalue weighted by Gasteiger charge is 2.27. The van der Waals surface area contributed by atoms with Gasteiger partial charge in [-0.15, -0.1) is 24.0 Å². The first-order valence-electron chi connectivity index (χ1n) is 6.60. The minimum Gasteiger partial charge on any atom is -0.370 e. The molecular weight excluding hydrogens is 363 g/mol. The zero-order chi connectivity index (χ0) is 13.2. The normalized spacial score (nSPS) is 14.9. The molecule has 0 atom stereocenters. The molecule has 1 saturated carbocycles. The minimum atomic E-state index is 0. The summed E-state index contributed by atoms with van der Waals surface area (Å²) in [5.41, 5.74) is 8.15. The molecule has 1 fully saturated rings. The fourth-order valence-corrected chi connectivity index (χ4v) is 2.16. The number of hydrogen-bond acceptors (Lipinski definition) is 2. The molecule has 1 heterocycles. The summed E-state index contributed by atoms with van der Waals surface area (Å²) in [5, 5.41) is 1.14. The first kappa shape index (κ1) is 15.0. The number of nitrogens with two attached hydrogens (primary N) is 1. The summed E-state index contributed by atoms with van der Waals surface area (Å²) in [4.78, 5) is 10.8. The first-order chi connectivity index (χ1) is 9.24. The second-order valence-electron chi connectivity index (χ2n) is 5.05. The van der Waals surface area contributed by atoms with E-state index in [1.807, 2.05) is 25.4 Å². The Hall–Kier alpha value is -1.37. The highest BCUT2D eigenvalue weighted by molar-refractivity contribution is 14.0. The number of nitrogens with zero attached hydrogens (tertiary/aromatic N) is 3. The average molecular weight is 382 g/mol. The topological polar surface area (TPSA) is 54.5 Å². The van der Waals surface area contributed by atoms with Crippen LogP contribution < -0.4 is 5.73 Å². The van der Waals surface area contributed by atoms with Gasteiger partial charge in [-0.1, -0.05) is 12.1 Å². The van der Waals surface area contributed by atoms with Crippen LogP contribution in [-0.4, -0.2) is 28.9 Å². The van der Waals surface area contributed by atoms with Gasteiger partial charge in [-0.05, 0) is 36.6 Å². The summed E-state index contributed by atoms with van der Waals surface area (Å²) >= 11 is 0. The molecule has 1 aromatic heterocycles. The lowest BCUT2D eigenvalue weighted by molar-refractivity contribution is 0.487. The number of pyridine rings is 1. The maximum absolute atomic E-state index is 5.98. The van der Waals surface area contributed by atoms with Gasteiger partial charge in [0, 0.05) is 24.7 Å². The molecule has 3 rings (SSSR count). The highest BCUT2D eigenvalue weighted by atomic mass is 127. The van der Waals surface area contributed by atoms with Crippen LogP contribution in [0.25, 0.3) is 10.9 Å². The summed E-state index contributed by atoms with van der Waals surface area (Å²) in [6, 6.07) is 10.8. The van der Waals surface area contributed by atoms with Crippen molar-refractivity contribution in [2.45, 2.75) is 25.4 Å². The van der Waals surface area contributed by atoms with E-state index in [9.17, 15) is 0 Å². The van der Waals surface area contributed by atoms with Gasteiger partial charge in [0.15, 0.2) is 5.96 Å².